The molecule has 2 heterocycles. The lowest BCUT2D eigenvalue weighted by Crippen LogP contribution is -2.29. The number of alkyl halides is 3. The average molecular weight is 456 g/mol. The minimum Gasteiger partial charge on any atom is -0.461 e. The third kappa shape index (κ3) is 6.57. The van der Waals surface area contributed by atoms with Crippen molar-refractivity contribution in [1.29, 1.82) is 0 Å². The molecule has 10 heteroatoms. The summed E-state index contributed by atoms with van der Waals surface area (Å²) < 4.78 is 48.7. The van der Waals surface area contributed by atoms with Crippen LogP contribution in [-0.4, -0.2) is 40.7 Å². The first-order chi connectivity index (χ1) is 14.8. The molecule has 1 aliphatic heterocycles. The van der Waals surface area contributed by atoms with Crippen LogP contribution in [0.5, 0.6) is 0 Å². The predicted octanol–water partition coefficient (Wildman–Crippen LogP) is 5.30. The van der Waals surface area contributed by atoms with Gasteiger partial charge in [-0.05, 0) is 62.6 Å². The summed E-state index contributed by atoms with van der Waals surface area (Å²) in [6.45, 7) is 4.23. The number of anilines is 1. The van der Waals surface area contributed by atoms with Crippen molar-refractivity contribution in [3.63, 3.8) is 0 Å². The lowest BCUT2D eigenvalue weighted by molar-refractivity contribution is -0.0442. The number of rotatable bonds is 7. The number of halogens is 3. The minimum absolute atomic E-state index is 0.0941. The van der Waals surface area contributed by atoms with Crippen LogP contribution >= 0.6 is 11.8 Å². The zero-order chi connectivity index (χ0) is 22.4. The van der Waals surface area contributed by atoms with Gasteiger partial charge in [0.1, 0.15) is 12.1 Å². The number of esters is 1. The number of hydrogen-bond acceptors (Lipinski definition) is 7. The van der Waals surface area contributed by atoms with Gasteiger partial charge >= 0.3 is 11.5 Å². The van der Waals surface area contributed by atoms with Gasteiger partial charge in [-0.1, -0.05) is 12.1 Å². The van der Waals surface area contributed by atoms with E-state index in [-0.39, 0.29) is 41.2 Å². The molecule has 1 unspecified atom stereocenters. The number of benzene rings is 1. The highest BCUT2D eigenvalue weighted by molar-refractivity contribution is 8.00. The first kappa shape index (κ1) is 23.3. The Bertz CT molecular complexity index is 894. The van der Waals surface area contributed by atoms with Gasteiger partial charge in [0.25, 0.3) is 0 Å². The molecule has 1 saturated heterocycles. The monoisotopic (exact) mass is 455 g/mol. The fourth-order valence-corrected chi connectivity index (χ4v) is 3.96. The fourth-order valence-electron chi connectivity index (χ4n) is 3.42. The molecule has 0 radical (unpaired) electrons. The Labute approximate surface area is 182 Å². The highest BCUT2D eigenvalue weighted by atomic mass is 32.2. The maximum atomic E-state index is 12.5. The van der Waals surface area contributed by atoms with Crippen molar-refractivity contribution >= 4 is 23.5 Å². The van der Waals surface area contributed by atoms with Crippen LogP contribution in [0.2, 0.25) is 0 Å². The van der Waals surface area contributed by atoms with Gasteiger partial charge in [-0.2, -0.15) is 13.2 Å². The standard InChI is InChI=1S/C21H24F3N3O3S/c1-3-29-20(28)18-13(2)19(27-12-26-18)25-11-15-5-4-6-17(30-15)14-7-9-16(10-8-14)31-21(22,23)24/h7-10,12,15,17H,3-6,11H2,1-2H3,(H,25,26,27)/t15-,17?/m1/s1. The summed E-state index contributed by atoms with van der Waals surface area (Å²) in [7, 11) is 0. The summed E-state index contributed by atoms with van der Waals surface area (Å²) in [5.74, 6) is 0.0452. The van der Waals surface area contributed by atoms with E-state index in [0.717, 1.165) is 24.8 Å². The van der Waals surface area contributed by atoms with Crippen LogP contribution in [0.4, 0.5) is 19.0 Å². The Morgan fingerprint density at radius 1 is 1.26 bits per heavy atom. The molecule has 2 atom stereocenters. The van der Waals surface area contributed by atoms with Gasteiger partial charge in [0.2, 0.25) is 0 Å². The van der Waals surface area contributed by atoms with Crippen molar-refractivity contribution in [1.82, 2.24) is 9.97 Å². The molecular formula is C21H24F3N3O3S. The highest BCUT2D eigenvalue weighted by Gasteiger charge is 2.29. The van der Waals surface area contributed by atoms with Crippen molar-refractivity contribution in [2.45, 2.75) is 55.7 Å². The Kier molecular flexibility index (Phi) is 7.77. The van der Waals surface area contributed by atoms with E-state index in [1.165, 1.54) is 18.5 Å². The molecule has 1 N–H and O–H groups in total. The van der Waals surface area contributed by atoms with E-state index in [1.807, 2.05) is 0 Å². The molecule has 6 nitrogen and oxygen atoms in total. The van der Waals surface area contributed by atoms with Crippen LogP contribution in [0.25, 0.3) is 0 Å². The number of carbonyl (C=O) groups is 1. The number of hydrogen-bond donors (Lipinski definition) is 1. The van der Waals surface area contributed by atoms with Gasteiger partial charge in [-0.15, -0.1) is 0 Å². The highest BCUT2D eigenvalue weighted by Crippen LogP contribution is 2.38. The molecule has 1 fully saturated rings. The van der Waals surface area contributed by atoms with Crippen LogP contribution in [-0.2, 0) is 9.47 Å². The number of ether oxygens (including phenoxy) is 2. The summed E-state index contributed by atoms with van der Waals surface area (Å²) in [5, 5.41) is 3.21. The molecule has 3 rings (SSSR count). The first-order valence-electron chi connectivity index (χ1n) is 10.0. The molecule has 0 aliphatic carbocycles. The third-order valence-electron chi connectivity index (χ3n) is 4.88. The van der Waals surface area contributed by atoms with Crippen LogP contribution in [0.3, 0.4) is 0 Å². The van der Waals surface area contributed by atoms with Crippen LogP contribution in [0.15, 0.2) is 35.5 Å². The second-order valence-electron chi connectivity index (χ2n) is 7.09. The van der Waals surface area contributed by atoms with Gasteiger partial charge < -0.3 is 14.8 Å². The predicted molar refractivity (Wildman–Crippen MR) is 111 cm³/mol. The van der Waals surface area contributed by atoms with E-state index in [1.54, 1.807) is 26.0 Å². The lowest BCUT2D eigenvalue weighted by Gasteiger charge is -2.31. The third-order valence-corrected chi connectivity index (χ3v) is 5.62. The number of carbonyl (C=O) groups excluding carboxylic acids is 1. The van der Waals surface area contributed by atoms with E-state index < -0.39 is 11.5 Å². The number of aromatic nitrogens is 2. The quantitative estimate of drug-likeness (QED) is 0.449. The number of thioether (sulfide) groups is 1. The Morgan fingerprint density at radius 2 is 2.00 bits per heavy atom. The average Bonchev–Trinajstić information content (AvgIpc) is 2.73. The summed E-state index contributed by atoms with van der Waals surface area (Å²) in [6.07, 6.45) is 3.64. The van der Waals surface area contributed by atoms with Gasteiger partial charge in [0.05, 0.1) is 18.8 Å². The molecule has 0 spiro atoms. The van der Waals surface area contributed by atoms with Crippen LogP contribution in [0.1, 0.15) is 53.9 Å². The van der Waals surface area contributed by atoms with Gasteiger partial charge in [-0.3, -0.25) is 0 Å². The van der Waals surface area contributed by atoms with Gasteiger partial charge in [0.15, 0.2) is 5.69 Å². The SMILES string of the molecule is CCOC(=O)c1ncnc(NC[C@H]2CCCC(c3ccc(SC(F)(F)F)cc3)O2)c1C. The second-order valence-corrected chi connectivity index (χ2v) is 8.23. The fraction of sp³-hybridized carbons (Fsp3) is 0.476. The molecule has 0 saturated carbocycles. The number of nitrogens with zero attached hydrogens (tertiary/aromatic N) is 2. The maximum absolute atomic E-state index is 12.5. The van der Waals surface area contributed by atoms with Crippen molar-refractivity contribution in [3.8, 4) is 0 Å². The topological polar surface area (TPSA) is 73.3 Å². The van der Waals surface area contributed by atoms with Crippen molar-refractivity contribution in [2.24, 2.45) is 0 Å². The van der Waals surface area contributed by atoms with E-state index in [9.17, 15) is 18.0 Å². The van der Waals surface area contributed by atoms with Crippen molar-refractivity contribution in [3.05, 3.63) is 47.4 Å². The van der Waals surface area contributed by atoms with E-state index in [4.69, 9.17) is 9.47 Å². The molecule has 31 heavy (non-hydrogen) atoms. The Hall–Kier alpha value is -2.33. The summed E-state index contributed by atoms with van der Waals surface area (Å²) >= 11 is -0.126. The molecule has 0 bridgehead atoms. The molecular weight excluding hydrogens is 431 g/mol. The molecule has 168 valence electrons. The Balaban J connectivity index is 1.59. The summed E-state index contributed by atoms with van der Waals surface area (Å²) in [6, 6.07) is 6.32. The maximum Gasteiger partial charge on any atom is 0.446 e. The first-order valence-corrected chi connectivity index (χ1v) is 10.8. The zero-order valence-corrected chi connectivity index (χ0v) is 18.1. The minimum atomic E-state index is -4.30. The van der Waals surface area contributed by atoms with Crippen molar-refractivity contribution < 1.29 is 27.4 Å². The van der Waals surface area contributed by atoms with Crippen LogP contribution in [0, 0.1) is 6.92 Å². The van der Waals surface area contributed by atoms with E-state index in [2.05, 4.69) is 15.3 Å². The summed E-state index contributed by atoms with van der Waals surface area (Å²) in [5.41, 5.74) is -2.62. The largest absolute Gasteiger partial charge is 0.461 e. The Morgan fingerprint density at radius 3 is 2.68 bits per heavy atom. The number of nitrogens with one attached hydrogen (secondary N) is 1. The lowest BCUT2D eigenvalue weighted by atomic mass is 9.98. The van der Waals surface area contributed by atoms with Gasteiger partial charge in [-0.25, -0.2) is 14.8 Å². The molecule has 1 aromatic heterocycles. The molecule has 0 amide bonds. The smallest absolute Gasteiger partial charge is 0.446 e. The zero-order valence-electron chi connectivity index (χ0n) is 17.2. The normalized spacial score (nSPS) is 19.1. The second kappa shape index (κ2) is 10.3. The molecule has 1 aliphatic rings. The molecule has 2 aromatic rings. The molecule has 1 aromatic carbocycles. The van der Waals surface area contributed by atoms with E-state index >= 15 is 0 Å². The summed E-state index contributed by atoms with van der Waals surface area (Å²) in [4.78, 5) is 20.4. The van der Waals surface area contributed by atoms with E-state index in [0.29, 0.717) is 17.9 Å². The van der Waals surface area contributed by atoms with Crippen molar-refractivity contribution in [2.75, 3.05) is 18.5 Å². The van der Waals surface area contributed by atoms with Crippen LogP contribution < -0.4 is 5.32 Å². The van der Waals surface area contributed by atoms with Gasteiger partial charge in [0, 0.05) is 17.0 Å².